The molecule has 0 aromatic heterocycles. The molecule has 0 atom stereocenters. The van der Waals surface area contributed by atoms with Crippen molar-refractivity contribution in [3.05, 3.63) is 29.3 Å². The lowest BCUT2D eigenvalue weighted by molar-refractivity contribution is -0.115. The molecule has 1 aromatic carbocycles. The van der Waals surface area contributed by atoms with Gasteiger partial charge in [0, 0.05) is 13.2 Å². The smallest absolute Gasteiger partial charge is 0.238 e. The van der Waals surface area contributed by atoms with Crippen molar-refractivity contribution in [1.29, 1.82) is 0 Å². The van der Waals surface area contributed by atoms with Crippen LogP contribution in [-0.2, 0) is 9.53 Å². The van der Waals surface area contributed by atoms with Crippen molar-refractivity contribution in [2.24, 2.45) is 5.92 Å². The van der Waals surface area contributed by atoms with Crippen molar-refractivity contribution >= 4 is 23.2 Å². The first-order valence-electron chi connectivity index (χ1n) is 6.58. The summed E-state index contributed by atoms with van der Waals surface area (Å²) in [5.74, 6) is 0.679. The van der Waals surface area contributed by atoms with Crippen molar-refractivity contribution in [3.8, 4) is 0 Å². The van der Waals surface area contributed by atoms with Crippen molar-refractivity contribution in [1.82, 2.24) is 5.32 Å². The van der Waals surface area contributed by atoms with Crippen LogP contribution in [0.25, 0.3) is 0 Å². The van der Waals surface area contributed by atoms with Gasteiger partial charge in [-0.2, -0.15) is 0 Å². The molecule has 0 unspecified atom stereocenters. The Morgan fingerprint density at radius 1 is 1.37 bits per heavy atom. The highest BCUT2D eigenvalue weighted by Gasteiger charge is 2.20. The van der Waals surface area contributed by atoms with E-state index in [0.717, 1.165) is 12.5 Å². The van der Waals surface area contributed by atoms with Gasteiger partial charge in [0.05, 0.1) is 23.9 Å². The monoisotopic (exact) mass is 282 g/mol. The third-order valence-electron chi connectivity index (χ3n) is 2.91. The molecule has 19 heavy (non-hydrogen) atoms. The number of rotatable bonds is 8. The Bertz CT molecular complexity index is 422. The molecule has 0 spiro atoms. The van der Waals surface area contributed by atoms with Gasteiger partial charge in [-0.25, -0.2) is 0 Å². The molecule has 2 rings (SSSR count). The summed E-state index contributed by atoms with van der Waals surface area (Å²) in [4.78, 5) is 11.6. The SMILES string of the molecule is O=C(CNCCOCC1CC1)Nc1ccccc1Cl. The minimum absolute atomic E-state index is 0.102. The number of amides is 1. The van der Waals surface area contributed by atoms with E-state index in [1.165, 1.54) is 12.8 Å². The standard InChI is InChI=1S/C14H19ClN2O2/c15-12-3-1-2-4-13(12)17-14(18)9-16-7-8-19-10-11-5-6-11/h1-4,11,16H,5-10H2,(H,17,18). The molecular weight excluding hydrogens is 264 g/mol. The largest absolute Gasteiger partial charge is 0.380 e. The number of para-hydroxylation sites is 1. The molecule has 0 bridgehead atoms. The van der Waals surface area contributed by atoms with Crippen molar-refractivity contribution in [2.75, 3.05) is 31.6 Å². The Kier molecular flexibility index (Phi) is 5.63. The number of anilines is 1. The summed E-state index contributed by atoms with van der Waals surface area (Å²) in [5, 5.41) is 6.34. The van der Waals surface area contributed by atoms with Gasteiger partial charge in [-0.3, -0.25) is 4.79 Å². The van der Waals surface area contributed by atoms with Gasteiger partial charge in [-0.1, -0.05) is 23.7 Å². The molecule has 1 aliphatic rings. The molecule has 0 radical (unpaired) electrons. The van der Waals surface area contributed by atoms with Crippen LogP contribution in [-0.4, -0.2) is 32.2 Å². The predicted octanol–water partition coefficient (Wildman–Crippen LogP) is 2.29. The Labute approximate surface area is 118 Å². The number of nitrogens with one attached hydrogen (secondary N) is 2. The van der Waals surface area contributed by atoms with Crippen LogP contribution in [0, 0.1) is 5.92 Å². The Hall–Kier alpha value is -1.10. The zero-order valence-electron chi connectivity index (χ0n) is 10.8. The molecule has 104 valence electrons. The molecule has 5 heteroatoms. The lowest BCUT2D eigenvalue weighted by Crippen LogP contribution is -2.30. The molecule has 4 nitrogen and oxygen atoms in total. The summed E-state index contributed by atoms with van der Waals surface area (Å²) >= 11 is 5.95. The van der Waals surface area contributed by atoms with E-state index in [2.05, 4.69) is 10.6 Å². The second-order valence-corrected chi connectivity index (χ2v) is 5.13. The van der Waals surface area contributed by atoms with Gasteiger partial charge in [0.1, 0.15) is 0 Å². The van der Waals surface area contributed by atoms with Gasteiger partial charge in [0.15, 0.2) is 0 Å². The van der Waals surface area contributed by atoms with Crippen LogP contribution in [0.5, 0.6) is 0 Å². The van der Waals surface area contributed by atoms with Crippen LogP contribution < -0.4 is 10.6 Å². The van der Waals surface area contributed by atoms with E-state index in [0.29, 0.717) is 23.9 Å². The molecule has 0 aliphatic heterocycles. The van der Waals surface area contributed by atoms with E-state index in [1.807, 2.05) is 12.1 Å². The molecule has 1 aromatic rings. The van der Waals surface area contributed by atoms with E-state index < -0.39 is 0 Å². The Morgan fingerprint density at radius 3 is 2.89 bits per heavy atom. The molecule has 1 saturated carbocycles. The minimum Gasteiger partial charge on any atom is -0.380 e. The second kappa shape index (κ2) is 7.48. The van der Waals surface area contributed by atoms with Crippen LogP contribution in [0.3, 0.4) is 0 Å². The zero-order valence-corrected chi connectivity index (χ0v) is 11.6. The molecular formula is C14H19ClN2O2. The van der Waals surface area contributed by atoms with Crippen LogP contribution in [0.1, 0.15) is 12.8 Å². The number of halogens is 1. The molecule has 1 fully saturated rings. The minimum atomic E-state index is -0.102. The summed E-state index contributed by atoms with van der Waals surface area (Å²) < 4.78 is 5.46. The van der Waals surface area contributed by atoms with Gasteiger partial charge >= 0.3 is 0 Å². The fourth-order valence-electron chi connectivity index (χ4n) is 1.64. The third-order valence-corrected chi connectivity index (χ3v) is 3.24. The first-order valence-corrected chi connectivity index (χ1v) is 6.96. The van der Waals surface area contributed by atoms with Crippen molar-refractivity contribution in [3.63, 3.8) is 0 Å². The lowest BCUT2D eigenvalue weighted by atomic mass is 10.3. The quantitative estimate of drug-likeness (QED) is 0.720. The summed E-state index contributed by atoms with van der Waals surface area (Å²) in [6.45, 7) is 2.45. The summed E-state index contributed by atoms with van der Waals surface area (Å²) in [5.41, 5.74) is 0.640. The number of hydrogen-bond donors (Lipinski definition) is 2. The number of carbonyl (C=O) groups is 1. The normalized spacial score (nSPS) is 14.4. The zero-order chi connectivity index (χ0) is 13.5. The van der Waals surface area contributed by atoms with Crippen LogP contribution in [0.2, 0.25) is 5.02 Å². The maximum absolute atomic E-state index is 11.6. The average Bonchev–Trinajstić information content (AvgIpc) is 3.20. The second-order valence-electron chi connectivity index (χ2n) is 4.72. The fourth-order valence-corrected chi connectivity index (χ4v) is 1.82. The van der Waals surface area contributed by atoms with Gasteiger partial charge in [0.25, 0.3) is 0 Å². The van der Waals surface area contributed by atoms with E-state index in [-0.39, 0.29) is 12.5 Å². The number of carbonyl (C=O) groups excluding carboxylic acids is 1. The number of ether oxygens (including phenoxy) is 1. The van der Waals surface area contributed by atoms with E-state index >= 15 is 0 Å². The van der Waals surface area contributed by atoms with E-state index in [9.17, 15) is 4.79 Å². The van der Waals surface area contributed by atoms with E-state index in [4.69, 9.17) is 16.3 Å². The Balaban J connectivity index is 1.55. The van der Waals surface area contributed by atoms with Gasteiger partial charge in [0.2, 0.25) is 5.91 Å². The summed E-state index contributed by atoms with van der Waals surface area (Å²) in [6, 6.07) is 7.18. The Morgan fingerprint density at radius 2 is 2.16 bits per heavy atom. The summed E-state index contributed by atoms with van der Waals surface area (Å²) in [7, 11) is 0. The highest BCUT2D eigenvalue weighted by molar-refractivity contribution is 6.33. The molecule has 1 aliphatic carbocycles. The molecule has 1 amide bonds. The first-order chi connectivity index (χ1) is 9.25. The molecule has 0 saturated heterocycles. The van der Waals surface area contributed by atoms with Gasteiger partial charge < -0.3 is 15.4 Å². The van der Waals surface area contributed by atoms with Crippen LogP contribution in [0.15, 0.2) is 24.3 Å². The van der Waals surface area contributed by atoms with Gasteiger partial charge in [-0.15, -0.1) is 0 Å². The fraction of sp³-hybridized carbons (Fsp3) is 0.500. The topological polar surface area (TPSA) is 50.4 Å². The highest BCUT2D eigenvalue weighted by Crippen LogP contribution is 2.28. The van der Waals surface area contributed by atoms with Crippen LogP contribution in [0.4, 0.5) is 5.69 Å². The first kappa shape index (κ1) is 14.3. The summed E-state index contributed by atoms with van der Waals surface area (Å²) in [6.07, 6.45) is 2.60. The van der Waals surface area contributed by atoms with Crippen LogP contribution >= 0.6 is 11.6 Å². The van der Waals surface area contributed by atoms with Gasteiger partial charge in [-0.05, 0) is 30.9 Å². The third kappa shape index (κ3) is 5.59. The van der Waals surface area contributed by atoms with Crippen molar-refractivity contribution < 1.29 is 9.53 Å². The van der Waals surface area contributed by atoms with Crippen molar-refractivity contribution in [2.45, 2.75) is 12.8 Å². The number of hydrogen-bond acceptors (Lipinski definition) is 3. The maximum atomic E-state index is 11.6. The molecule has 2 N–H and O–H groups in total. The highest BCUT2D eigenvalue weighted by atomic mass is 35.5. The van der Waals surface area contributed by atoms with E-state index in [1.54, 1.807) is 12.1 Å². The maximum Gasteiger partial charge on any atom is 0.238 e. The molecule has 0 heterocycles. The lowest BCUT2D eigenvalue weighted by Gasteiger charge is -2.08. The average molecular weight is 283 g/mol. The predicted molar refractivity (Wildman–Crippen MR) is 76.5 cm³/mol. The number of benzene rings is 1.